The van der Waals surface area contributed by atoms with E-state index in [9.17, 15) is 9.59 Å². The molecule has 0 spiro atoms. The van der Waals surface area contributed by atoms with Crippen LogP contribution in [0, 0.1) is 5.92 Å². The summed E-state index contributed by atoms with van der Waals surface area (Å²) in [6.45, 7) is 5.50. The number of aryl methyl sites for hydroxylation is 1. The molecule has 1 aromatic rings. The molecule has 2 aliphatic rings. The number of rotatable bonds is 4. The van der Waals surface area contributed by atoms with E-state index >= 15 is 0 Å². The molecule has 0 saturated carbocycles. The Morgan fingerprint density at radius 1 is 1.36 bits per heavy atom. The van der Waals surface area contributed by atoms with E-state index in [0.717, 1.165) is 32.4 Å². The zero-order chi connectivity index (χ0) is 18.0. The van der Waals surface area contributed by atoms with Crippen molar-refractivity contribution in [1.29, 1.82) is 0 Å². The fraction of sp³-hybridized carbons (Fsp3) is 0.778. The average Bonchev–Trinajstić information content (AvgIpc) is 3.03. The summed E-state index contributed by atoms with van der Waals surface area (Å²) >= 11 is 0. The minimum absolute atomic E-state index is 0.140. The molecule has 0 aliphatic carbocycles. The first kappa shape index (κ1) is 17.9. The van der Waals surface area contributed by atoms with Gasteiger partial charge in [-0.25, -0.2) is 0 Å². The lowest BCUT2D eigenvalue weighted by Gasteiger charge is -2.41. The number of hydrogen-bond acceptors (Lipinski definition) is 5. The van der Waals surface area contributed by atoms with Crippen molar-refractivity contribution in [3.05, 3.63) is 11.7 Å². The summed E-state index contributed by atoms with van der Waals surface area (Å²) < 4.78 is 5.22. The van der Waals surface area contributed by atoms with Crippen LogP contribution in [0.25, 0.3) is 0 Å². The molecule has 2 amide bonds. The van der Waals surface area contributed by atoms with Crippen LogP contribution in [0.3, 0.4) is 0 Å². The minimum Gasteiger partial charge on any atom is -0.342 e. The van der Waals surface area contributed by atoms with Crippen molar-refractivity contribution in [2.45, 2.75) is 64.3 Å². The molecule has 138 valence electrons. The molecule has 0 N–H and O–H groups in total. The van der Waals surface area contributed by atoms with Crippen LogP contribution in [0.4, 0.5) is 0 Å². The highest BCUT2D eigenvalue weighted by Crippen LogP contribution is 2.29. The van der Waals surface area contributed by atoms with Crippen LogP contribution in [0.2, 0.25) is 0 Å². The van der Waals surface area contributed by atoms with Gasteiger partial charge in [0.25, 0.3) is 0 Å². The summed E-state index contributed by atoms with van der Waals surface area (Å²) in [5.74, 6) is 2.22. The molecule has 1 aromatic heterocycles. The number of hydrogen-bond donors (Lipinski definition) is 0. The van der Waals surface area contributed by atoms with Crippen molar-refractivity contribution < 1.29 is 14.1 Å². The second-order valence-electron chi connectivity index (χ2n) is 7.55. The van der Waals surface area contributed by atoms with Crippen LogP contribution in [-0.2, 0) is 16.0 Å². The van der Waals surface area contributed by atoms with Crippen LogP contribution in [0.1, 0.15) is 63.6 Å². The number of fused-ring (bicyclic) bond motifs is 1. The Morgan fingerprint density at radius 3 is 2.88 bits per heavy atom. The summed E-state index contributed by atoms with van der Waals surface area (Å²) in [6, 6.07) is 0.281. The predicted molar refractivity (Wildman–Crippen MR) is 91.8 cm³/mol. The molecular weight excluding hydrogens is 320 g/mol. The first-order chi connectivity index (χ1) is 12.0. The Balaban J connectivity index is 1.54. The van der Waals surface area contributed by atoms with E-state index < -0.39 is 0 Å². The van der Waals surface area contributed by atoms with Gasteiger partial charge in [-0.2, -0.15) is 4.98 Å². The van der Waals surface area contributed by atoms with Crippen molar-refractivity contribution in [1.82, 2.24) is 19.9 Å². The van der Waals surface area contributed by atoms with Gasteiger partial charge in [0, 0.05) is 51.4 Å². The molecule has 2 saturated heterocycles. The number of aromatic nitrogens is 2. The Hall–Kier alpha value is -1.92. The first-order valence-electron chi connectivity index (χ1n) is 9.31. The van der Waals surface area contributed by atoms with Gasteiger partial charge in [0.1, 0.15) is 0 Å². The second-order valence-corrected chi connectivity index (χ2v) is 7.55. The average molecular weight is 348 g/mol. The lowest BCUT2D eigenvalue weighted by Crippen LogP contribution is -2.51. The summed E-state index contributed by atoms with van der Waals surface area (Å²) in [5, 5.41) is 3.94. The molecule has 2 atom stereocenters. The van der Waals surface area contributed by atoms with Gasteiger partial charge in [-0.3, -0.25) is 9.59 Å². The molecule has 2 aliphatic heterocycles. The Kier molecular flexibility index (Phi) is 5.39. The molecule has 25 heavy (non-hydrogen) atoms. The normalized spacial score (nSPS) is 24.4. The van der Waals surface area contributed by atoms with Gasteiger partial charge < -0.3 is 14.3 Å². The fourth-order valence-corrected chi connectivity index (χ4v) is 3.89. The van der Waals surface area contributed by atoms with Crippen LogP contribution in [0.15, 0.2) is 4.52 Å². The van der Waals surface area contributed by atoms with Crippen LogP contribution >= 0.6 is 0 Å². The van der Waals surface area contributed by atoms with E-state index in [1.807, 2.05) is 30.7 Å². The smallest absolute Gasteiger partial charge is 0.227 e. The highest BCUT2D eigenvalue weighted by atomic mass is 16.5. The molecule has 7 heteroatoms. The maximum Gasteiger partial charge on any atom is 0.227 e. The maximum atomic E-state index is 12.6. The quantitative estimate of drug-likeness (QED) is 0.831. The summed E-state index contributed by atoms with van der Waals surface area (Å²) in [5.41, 5.74) is 0. The zero-order valence-electron chi connectivity index (χ0n) is 15.4. The van der Waals surface area contributed by atoms with Crippen LogP contribution in [0.5, 0.6) is 0 Å². The lowest BCUT2D eigenvalue weighted by molar-refractivity contribution is -0.136. The molecule has 0 unspecified atom stereocenters. The highest BCUT2D eigenvalue weighted by Gasteiger charge is 2.36. The van der Waals surface area contributed by atoms with Crippen molar-refractivity contribution in [3.63, 3.8) is 0 Å². The van der Waals surface area contributed by atoms with Crippen LogP contribution in [-0.4, -0.2) is 57.9 Å². The van der Waals surface area contributed by atoms with Gasteiger partial charge in [0.2, 0.25) is 17.7 Å². The van der Waals surface area contributed by atoms with Crippen molar-refractivity contribution in [3.8, 4) is 0 Å². The minimum atomic E-state index is 0.140. The molecule has 0 bridgehead atoms. The van der Waals surface area contributed by atoms with E-state index in [1.54, 1.807) is 0 Å². The van der Waals surface area contributed by atoms with E-state index in [-0.39, 0.29) is 23.8 Å². The Labute approximate surface area is 148 Å². The monoisotopic (exact) mass is 348 g/mol. The molecule has 7 nitrogen and oxygen atoms in total. The third-order valence-corrected chi connectivity index (χ3v) is 5.46. The van der Waals surface area contributed by atoms with E-state index in [1.165, 1.54) is 0 Å². The van der Waals surface area contributed by atoms with Gasteiger partial charge in [-0.1, -0.05) is 19.0 Å². The zero-order valence-corrected chi connectivity index (χ0v) is 15.4. The molecule has 0 aromatic carbocycles. The van der Waals surface area contributed by atoms with Crippen molar-refractivity contribution in [2.75, 3.05) is 20.1 Å². The van der Waals surface area contributed by atoms with Gasteiger partial charge in [-0.15, -0.1) is 0 Å². The number of amides is 2. The molecule has 0 radical (unpaired) electrons. The van der Waals surface area contributed by atoms with E-state index in [0.29, 0.717) is 36.9 Å². The third-order valence-electron chi connectivity index (χ3n) is 5.46. The molecule has 2 fully saturated rings. The SMILES string of the molecule is CC(C)c1noc(CCC(=O)N2CC[C@@H]3[C@@H](CCCC(=O)N3C)C2)n1. The maximum absolute atomic E-state index is 12.6. The first-order valence-corrected chi connectivity index (χ1v) is 9.31. The van der Waals surface area contributed by atoms with Gasteiger partial charge in [-0.05, 0) is 25.2 Å². The number of carbonyl (C=O) groups is 2. The second kappa shape index (κ2) is 7.54. The third kappa shape index (κ3) is 4.02. The van der Waals surface area contributed by atoms with Crippen molar-refractivity contribution >= 4 is 11.8 Å². The van der Waals surface area contributed by atoms with Crippen molar-refractivity contribution in [2.24, 2.45) is 5.92 Å². The molecular formula is C18H28N4O3. The Bertz CT molecular complexity index is 628. The summed E-state index contributed by atoms with van der Waals surface area (Å²) in [6.07, 6.45) is 4.33. The summed E-state index contributed by atoms with van der Waals surface area (Å²) in [7, 11) is 1.91. The van der Waals surface area contributed by atoms with Gasteiger partial charge in [0.05, 0.1) is 0 Å². The highest BCUT2D eigenvalue weighted by molar-refractivity contribution is 5.77. The number of carbonyl (C=O) groups excluding carboxylic acids is 2. The number of nitrogens with zero attached hydrogens (tertiary/aromatic N) is 4. The molecule has 3 heterocycles. The largest absolute Gasteiger partial charge is 0.342 e. The number of likely N-dealkylation sites (tertiary alicyclic amines) is 2. The van der Waals surface area contributed by atoms with Crippen LogP contribution < -0.4 is 0 Å². The predicted octanol–water partition coefficient (Wildman–Crippen LogP) is 1.99. The molecule has 3 rings (SSSR count). The lowest BCUT2D eigenvalue weighted by atomic mass is 9.88. The van der Waals surface area contributed by atoms with E-state index in [2.05, 4.69) is 10.1 Å². The Morgan fingerprint density at radius 2 is 2.16 bits per heavy atom. The fourth-order valence-electron chi connectivity index (χ4n) is 3.89. The van der Waals surface area contributed by atoms with Gasteiger partial charge in [0.15, 0.2) is 5.82 Å². The summed E-state index contributed by atoms with van der Waals surface area (Å²) in [4.78, 5) is 32.8. The standard InChI is InChI=1S/C18H28N4O3/c1-12(2)18-19-15(25-20-18)7-8-17(24)22-10-9-14-13(11-22)5-4-6-16(23)21(14)3/h12-14H,4-11H2,1-3H3/t13-,14+/m0/s1. The van der Waals surface area contributed by atoms with E-state index in [4.69, 9.17) is 4.52 Å². The number of piperidine rings is 1. The van der Waals surface area contributed by atoms with Gasteiger partial charge >= 0.3 is 0 Å². The topological polar surface area (TPSA) is 79.5 Å².